The van der Waals surface area contributed by atoms with Gasteiger partial charge < -0.3 is 4.90 Å². The lowest BCUT2D eigenvalue weighted by Crippen LogP contribution is -2.43. The number of nitro groups is 1. The largest absolute Gasteiger partial charge is 0.353 e. The average Bonchev–Trinajstić information content (AvgIpc) is 2.86. The molecule has 0 N–H and O–H groups in total. The molecule has 7 heteroatoms. The molecule has 0 saturated heterocycles. The van der Waals surface area contributed by atoms with Crippen molar-refractivity contribution in [1.82, 2.24) is 4.90 Å². The van der Waals surface area contributed by atoms with Gasteiger partial charge in [0.1, 0.15) is 6.67 Å². The first kappa shape index (κ1) is 15.3. The summed E-state index contributed by atoms with van der Waals surface area (Å²) in [6.07, 6.45) is 1.92. The second kappa shape index (κ2) is 5.70. The smallest absolute Gasteiger partial charge is 0.270 e. The van der Waals surface area contributed by atoms with E-state index < -0.39 is 16.7 Å². The number of carbonyl (C=O) groups is 2. The minimum atomic E-state index is -0.568. The van der Waals surface area contributed by atoms with Crippen LogP contribution in [-0.2, 0) is 6.42 Å². The Labute approximate surface area is 143 Å². The van der Waals surface area contributed by atoms with Gasteiger partial charge in [0.15, 0.2) is 0 Å². The molecule has 0 spiro atoms. The summed E-state index contributed by atoms with van der Waals surface area (Å²) < 4.78 is 0. The Balaban J connectivity index is 1.64. The van der Waals surface area contributed by atoms with Crippen LogP contribution >= 0.6 is 0 Å². The molecule has 7 nitrogen and oxygen atoms in total. The number of amides is 2. The molecule has 126 valence electrons. The van der Waals surface area contributed by atoms with Gasteiger partial charge in [-0.2, -0.15) is 0 Å². The highest BCUT2D eigenvalue weighted by molar-refractivity contribution is 6.21. The molecule has 25 heavy (non-hydrogen) atoms. The van der Waals surface area contributed by atoms with E-state index in [1.165, 1.54) is 23.8 Å². The second-order valence-electron chi connectivity index (χ2n) is 6.16. The molecule has 2 aromatic carbocycles. The number of aryl methyl sites for hydroxylation is 1. The van der Waals surface area contributed by atoms with Crippen molar-refractivity contribution in [2.24, 2.45) is 0 Å². The Morgan fingerprint density at radius 1 is 1.04 bits per heavy atom. The predicted octanol–water partition coefficient (Wildman–Crippen LogP) is 2.60. The number of nitrogens with zero attached hydrogens (tertiary/aromatic N) is 3. The molecule has 0 atom stereocenters. The molecule has 0 radical (unpaired) electrons. The van der Waals surface area contributed by atoms with Crippen molar-refractivity contribution < 1.29 is 14.5 Å². The van der Waals surface area contributed by atoms with Crippen LogP contribution in [-0.4, -0.2) is 34.9 Å². The average molecular weight is 337 g/mol. The van der Waals surface area contributed by atoms with E-state index >= 15 is 0 Å². The molecule has 0 saturated carbocycles. The zero-order chi connectivity index (χ0) is 17.6. The number of hydrogen-bond acceptors (Lipinski definition) is 5. The standard InChI is InChI=1S/C18H15N3O4/c22-17-14-8-7-13(21(24)25)10-15(14)18(23)20(17)11-19-9-3-5-12-4-1-2-6-16(12)19/h1-2,4,6-8,10H,3,5,9,11H2. The van der Waals surface area contributed by atoms with E-state index in [0.29, 0.717) is 0 Å². The highest BCUT2D eigenvalue weighted by Gasteiger charge is 2.38. The van der Waals surface area contributed by atoms with Gasteiger partial charge in [-0.15, -0.1) is 0 Å². The Morgan fingerprint density at radius 3 is 2.60 bits per heavy atom. The zero-order valence-electron chi connectivity index (χ0n) is 13.3. The topological polar surface area (TPSA) is 83.8 Å². The molecule has 2 aliphatic rings. The van der Waals surface area contributed by atoms with Crippen LogP contribution in [0.25, 0.3) is 0 Å². The number of rotatable bonds is 3. The van der Waals surface area contributed by atoms with E-state index in [1.807, 2.05) is 29.2 Å². The van der Waals surface area contributed by atoms with Gasteiger partial charge in [-0.3, -0.25) is 24.6 Å². The minimum Gasteiger partial charge on any atom is -0.353 e. The fourth-order valence-electron chi connectivity index (χ4n) is 3.45. The van der Waals surface area contributed by atoms with Crippen LogP contribution in [0.2, 0.25) is 0 Å². The summed E-state index contributed by atoms with van der Waals surface area (Å²) in [7, 11) is 0. The quantitative estimate of drug-likeness (QED) is 0.488. The van der Waals surface area contributed by atoms with Crippen molar-refractivity contribution in [2.45, 2.75) is 12.8 Å². The maximum atomic E-state index is 12.6. The molecule has 2 amide bonds. The van der Waals surface area contributed by atoms with E-state index in [0.717, 1.165) is 30.0 Å². The Bertz CT molecular complexity index is 909. The van der Waals surface area contributed by atoms with Crippen molar-refractivity contribution >= 4 is 23.2 Å². The first-order valence-corrected chi connectivity index (χ1v) is 8.04. The first-order valence-electron chi connectivity index (χ1n) is 8.04. The van der Waals surface area contributed by atoms with Gasteiger partial charge in [-0.25, -0.2) is 0 Å². The molecule has 0 aromatic heterocycles. The maximum Gasteiger partial charge on any atom is 0.270 e. The lowest BCUT2D eigenvalue weighted by molar-refractivity contribution is -0.384. The number of nitro benzene ring substituents is 1. The van der Waals surface area contributed by atoms with Crippen LogP contribution in [0, 0.1) is 10.1 Å². The molecule has 0 bridgehead atoms. The van der Waals surface area contributed by atoms with Crippen LogP contribution in [0.3, 0.4) is 0 Å². The van der Waals surface area contributed by atoms with E-state index in [-0.39, 0.29) is 23.5 Å². The Kier molecular flexibility index (Phi) is 3.49. The fourth-order valence-corrected chi connectivity index (χ4v) is 3.45. The van der Waals surface area contributed by atoms with Gasteiger partial charge in [-0.1, -0.05) is 18.2 Å². The molecule has 2 heterocycles. The lowest BCUT2D eigenvalue weighted by atomic mass is 10.0. The number of non-ortho nitro benzene ring substituents is 1. The van der Waals surface area contributed by atoms with Crippen molar-refractivity contribution in [3.05, 3.63) is 69.3 Å². The lowest BCUT2D eigenvalue weighted by Gasteiger charge is -2.33. The highest BCUT2D eigenvalue weighted by atomic mass is 16.6. The summed E-state index contributed by atoms with van der Waals surface area (Å²) in [5.74, 6) is -0.885. The molecular formula is C18H15N3O4. The number of carbonyl (C=O) groups excluding carboxylic acids is 2. The zero-order valence-corrected chi connectivity index (χ0v) is 13.3. The minimum absolute atomic E-state index is 0.101. The normalized spacial score (nSPS) is 16.0. The summed E-state index contributed by atoms with van der Waals surface area (Å²) in [6.45, 7) is 0.904. The van der Waals surface area contributed by atoms with Crippen LogP contribution in [0.4, 0.5) is 11.4 Å². The summed E-state index contributed by atoms with van der Waals surface area (Å²) in [5, 5.41) is 10.9. The van der Waals surface area contributed by atoms with Crippen molar-refractivity contribution in [1.29, 1.82) is 0 Å². The summed E-state index contributed by atoms with van der Waals surface area (Å²) in [4.78, 5) is 38.7. The molecule has 0 fully saturated rings. The van der Waals surface area contributed by atoms with E-state index in [2.05, 4.69) is 0 Å². The third-order valence-electron chi connectivity index (χ3n) is 4.68. The molecule has 2 aromatic rings. The number of benzene rings is 2. The number of hydrogen-bond donors (Lipinski definition) is 0. The second-order valence-corrected chi connectivity index (χ2v) is 6.16. The van der Waals surface area contributed by atoms with Gasteiger partial charge in [-0.05, 0) is 30.5 Å². The monoisotopic (exact) mass is 337 g/mol. The summed E-state index contributed by atoms with van der Waals surface area (Å²) >= 11 is 0. The molecular weight excluding hydrogens is 322 g/mol. The van der Waals surface area contributed by atoms with E-state index in [4.69, 9.17) is 0 Å². The number of anilines is 1. The van der Waals surface area contributed by atoms with Crippen molar-refractivity contribution in [3.63, 3.8) is 0 Å². The SMILES string of the molecule is O=C1c2ccc([N+](=O)[O-])cc2C(=O)N1CN1CCCc2ccccc21. The number of fused-ring (bicyclic) bond motifs is 2. The fraction of sp³-hybridized carbons (Fsp3) is 0.222. The predicted molar refractivity (Wildman–Crippen MR) is 90.6 cm³/mol. The van der Waals surface area contributed by atoms with E-state index in [9.17, 15) is 19.7 Å². The van der Waals surface area contributed by atoms with Crippen molar-refractivity contribution in [2.75, 3.05) is 18.1 Å². The third kappa shape index (κ3) is 2.44. The Morgan fingerprint density at radius 2 is 1.80 bits per heavy atom. The maximum absolute atomic E-state index is 12.6. The third-order valence-corrected chi connectivity index (χ3v) is 4.68. The highest BCUT2D eigenvalue weighted by Crippen LogP contribution is 2.30. The number of imide groups is 1. The van der Waals surface area contributed by atoms with Gasteiger partial charge in [0.05, 0.1) is 16.1 Å². The summed E-state index contributed by atoms with van der Waals surface area (Å²) in [6, 6.07) is 11.7. The summed E-state index contributed by atoms with van der Waals surface area (Å²) in [5.41, 5.74) is 2.35. The van der Waals surface area contributed by atoms with Crippen molar-refractivity contribution in [3.8, 4) is 0 Å². The van der Waals surface area contributed by atoms with E-state index in [1.54, 1.807) is 0 Å². The Hall–Kier alpha value is -3.22. The molecule has 0 aliphatic carbocycles. The molecule has 4 rings (SSSR count). The van der Waals surface area contributed by atoms with Gasteiger partial charge >= 0.3 is 0 Å². The van der Waals surface area contributed by atoms with Crippen LogP contribution in [0.15, 0.2) is 42.5 Å². The van der Waals surface area contributed by atoms with Crippen LogP contribution < -0.4 is 4.90 Å². The molecule has 2 aliphatic heterocycles. The van der Waals surface area contributed by atoms with Gasteiger partial charge in [0.2, 0.25) is 0 Å². The first-order chi connectivity index (χ1) is 12.1. The van der Waals surface area contributed by atoms with Gasteiger partial charge in [0.25, 0.3) is 17.5 Å². The van der Waals surface area contributed by atoms with Gasteiger partial charge in [0, 0.05) is 24.4 Å². The number of para-hydroxylation sites is 1. The molecule has 0 unspecified atom stereocenters. The van der Waals surface area contributed by atoms with Crippen LogP contribution in [0.1, 0.15) is 32.7 Å². The van der Waals surface area contributed by atoms with Crippen LogP contribution in [0.5, 0.6) is 0 Å².